The normalized spacial score (nSPS) is 11.4. The Morgan fingerprint density at radius 3 is 2.76 bits per heavy atom. The van der Waals surface area contributed by atoms with Crippen molar-refractivity contribution in [1.29, 1.82) is 0 Å². The molecule has 0 aliphatic carbocycles. The van der Waals surface area contributed by atoms with E-state index in [0.717, 1.165) is 33.3 Å². The molecular weight excluding hydrogens is 459 g/mol. The SMILES string of the molecule is Cc1cc(Nc2nccc(C(F)(F)F)n2)cc(-c2cnc(CNc3cc(C(=O)O)n[nH]3)s2)c1. The van der Waals surface area contributed by atoms with Crippen molar-refractivity contribution in [3.63, 3.8) is 0 Å². The molecular formula is C20H16F3N7O2S. The number of aromatic nitrogens is 5. The van der Waals surface area contributed by atoms with Gasteiger partial charge < -0.3 is 15.7 Å². The van der Waals surface area contributed by atoms with Gasteiger partial charge in [-0.15, -0.1) is 11.3 Å². The number of nitrogens with one attached hydrogen (secondary N) is 3. The van der Waals surface area contributed by atoms with Gasteiger partial charge in [-0.3, -0.25) is 5.10 Å². The maximum atomic E-state index is 12.9. The number of aryl methyl sites for hydroxylation is 1. The second-order valence-corrected chi connectivity index (χ2v) is 8.03. The summed E-state index contributed by atoms with van der Waals surface area (Å²) >= 11 is 1.42. The fourth-order valence-corrected chi connectivity index (χ4v) is 3.77. The van der Waals surface area contributed by atoms with Crippen molar-refractivity contribution < 1.29 is 23.1 Å². The molecule has 4 aromatic rings. The van der Waals surface area contributed by atoms with E-state index in [-0.39, 0.29) is 11.6 Å². The maximum Gasteiger partial charge on any atom is 0.433 e. The van der Waals surface area contributed by atoms with Gasteiger partial charge in [0.2, 0.25) is 5.95 Å². The number of hydrogen-bond donors (Lipinski definition) is 4. The predicted molar refractivity (Wildman–Crippen MR) is 115 cm³/mol. The Labute approximate surface area is 188 Å². The van der Waals surface area contributed by atoms with Crippen molar-refractivity contribution in [2.75, 3.05) is 10.6 Å². The number of alkyl halides is 3. The Morgan fingerprint density at radius 2 is 2.03 bits per heavy atom. The lowest BCUT2D eigenvalue weighted by Gasteiger charge is -2.10. The Hall–Kier alpha value is -4.00. The highest BCUT2D eigenvalue weighted by Crippen LogP contribution is 2.31. The van der Waals surface area contributed by atoms with Gasteiger partial charge in [-0.05, 0) is 36.2 Å². The molecule has 0 radical (unpaired) electrons. The molecule has 0 amide bonds. The van der Waals surface area contributed by atoms with E-state index in [9.17, 15) is 18.0 Å². The van der Waals surface area contributed by atoms with E-state index in [2.05, 4.69) is 35.8 Å². The highest BCUT2D eigenvalue weighted by molar-refractivity contribution is 7.15. The quantitative estimate of drug-likeness (QED) is 0.303. The van der Waals surface area contributed by atoms with Gasteiger partial charge in [0, 0.05) is 24.1 Å². The zero-order valence-electron chi connectivity index (χ0n) is 16.9. The van der Waals surface area contributed by atoms with Crippen LogP contribution in [0.3, 0.4) is 0 Å². The Morgan fingerprint density at radius 1 is 1.21 bits per heavy atom. The summed E-state index contributed by atoms with van der Waals surface area (Å²) in [6, 6.07) is 7.66. The monoisotopic (exact) mass is 475 g/mol. The maximum absolute atomic E-state index is 12.9. The smallest absolute Gasteiger partial charge is 0.433 e. The Kier molecular flexibility index (Phi) is 5.96. The number of aromatic amines is 1. The van der Waals surface area contributed by atoms with Crippen molar-refractivity contribution in [3.8, 4) is 10.4 Å². The molecule has 4 rings (SSSR count). The first-order valence-electron chi connectivity index (χ1n) is 9.44. The minimum atomic E-state index is -4.56. The molecule has 170 valence electrons. The van der Waals surface area contributed by atoms with E-state index < -0.39 is 17.8 Å². The predicted octanol–water partition coefficient (Wildman–Crippen LogP) is 4.70. The summed E-state index contributed by atoms with van der Waals surface area (Å²) in [5.74, 6) is -0.835. The van der Waals surface area contributed by atoms with Gasteiger partial charge in [-0.25, -0.2) is 19.7 Å². The molecule has 0 fully saturated rings. The van der Waals surface area contributed by atoms with Crippen molar-refractivity contribution in [1.82, 2.24) is 25.1 Å². The van der Waals surface area contributed by atoms with Crippen LogP contribution >= 0.6 is 11.3 Å². The van der Waals surface area contributed by atoms with Crippen LogP contribution in [0.1, 0.15) is 26.8 Å². The number of hydrogen-bond acceptors (Lipinski definition) is 8. The summed E-state index contributed by atoms with van der Waals surface area (Å²) in [4.78, 5) is 23.5. The van der Waals surface area contributed by atoms with Gasteiger partial charge in [0.1, 0.15) is 16.5 Å². The van der Waals surface area contributed by atoms with E-state index in [1.807, 2.05) is 13.0 Å². The molecule has 3 aromatic heterocycles. The number of halogens is 3. The first-order chi connectivity index (χ1) is 15.7. The molecule has 1 aromatic carbocycles. The summed E-state index contributed by atoms with van der Waals surface area (Å²) in [6.45, 7) is 2.21. The van der Waals surface area contributed by atoms with Crippen molar-refractivity contribution in [2.45, 2.75) is 19.6 Å². The number of H-pyrrole nitrogens is 1. The molecule has 0 aliphatic heterocycles. The second kappa shape index (κ2) is 8.86. The third-order valence-corrected chi connectivity index (χ3v) is 5.39. The summed E-state index contributed by atoms with van der Waals surface area (Å²) in [5.41, 5.74) is 1.12. The molecule has 0 atom stereocenters. The number of nitrogens with zero attached hydrogens (tertiary/aromatic N) is 4. The van der Waals surface area contributed by atoms with Crippen LogP contribution in [0.2, 0.25) is 0 Å². The molecule has 0 spiro atoms. The number of anilines is 3. The molecule has 0 bridgehead atoms. The van der Waals surface area contributed by atoms with E-state index in [1.165, 1.54) is 17.4 Å². The highest BCUT2D eigenvalue weighted by atomic mass is 32.1. The van der Waals surface area contributed by atoms with Gasteiger partial charge in [0.05, 0.1) is 11.4 Å². The van der Waals surface area contributed by atoms with Crippen LogP contribution in [0.5, 0.6) is 0 Å². The van der Waals surface area contributed by atoms with Crippen LogP contribution in [-0.4, -0.2) is 36.2 Å². The minimum absolute atomic E-state index is 0.0955. The highest BCUT2D eigenvalue weighted by Gasteiger charge is 2.32. The zero-order valence-corrected chi connectivity index (χ0v) is 17.8. The summed E-state index contributed by atoms with van der Waals surface area (Å²) in [6.07, 6.45) is -1.82. The Bertz CT molecular complexity index is 1300. The van der Waals surface area contributed by atoms with Gasteiger partial charge >= 0.3 is 12.1 Å². The van der Waals surface area contributed by atoms with E-state index in [1.54, 1.807) is 18.3 Å². The summed E-state index contributed by atoms with van der Waals surface area (Å²) in [7, 11) is 0. The standard InChI is InChI=1S/C20H16F3N7O2S/c1-10-4-11(6-12(5-10)27-19-24-3-2-15(28-19)20(21,22)23)14-8-26-17(33-14)9-25-16-7-13(18(31)32)29-30-16/h2-8H,9H2,1H3,(H,31,32)(H,24,27,28)(H2,25,29,30). The molecule has 0 saturated heterocycles. The van der Waals surface area contributed by atoms with E-state index >= 15 is 0 Å². The molecule has 0 saturated carbocycles. The van der Waals surface area contributed by atoms with Crippen LogP contribution in [0, 0.1) is 6.92 Å². The zero-order chi connectivity index (χ0) is 23.6. The van der Waals surface area contributed by atoms with E-state index in [0.29, 0.717) is 18.1 Å². The Balaban J connectivity index is 1.49. The van der Waals surface area contributed by atoms with Crippen molar-refractivity contribution in [3.05, 3.63) is 64.7 Å². The molecule has 0 aliphatic rings. The largest absolute Gasteiger partial charge is 0.476 e. The van der Waals surface area contributed by atoms with Gasteiger partial charge in [0.15, 0.2) is 5.69 Å². The number of aromatic carboxylic acids is 1. The first-order valence-corrected chi connectivity index (χ1v) is 10.3. The molecule has 33 heavy (non-hydrogen) atoms. The number of rotatable bonds is 7. The van der Waals surface area contributed by atoms with Crippen LogP contribution in [0.15, 0.2) is 42.7 Å². The third kappa shape index (κ3) is 5.44. The summed E-state index contributed by atoms with van der Waals surface area (Å²) in [5, 5.41) is 21.8. The fourth-order valence-electron chi connectivity index (χ4n) is 2.92. The molecule has 4 N–H and O–H groups in total. The van der Waals surface area contributed by atoms with Crippen molar-refractivity contribution >= 4 is 34.8 Å². The first kappa shape index (κ1) is 22.2. The topological polar surface area (TPSA) is 129 Å². The van der Waals surface area contributed by atoms with Gasteiger partial charge in [0.25, 0.3) is 0 Å². The minimum Gasteiger partial charge on any atom is -0.476 e. The van der Waals surface area contributed by atoms with Crippen LogP contribution < -0.4 is 10.6 Å². The average molecular weight is 475 g/mol. The fraction of sp³-hybridized carbons (Fsp3) is 0.150. The third-order valence-electron chi connectivity index (χ3n) is 4.34. The van der Waals surface area contributed by atoms with E-state index in [4.69, 9.17) is 5.11 Å². The lowest BCUT2D eigenvalue weighted by Crippen LogP contribution is -2.10. The average Bonchev–Trinajstić information content (AvgIpc) is 3.41. The van der Waals surface area contributed by atoms with Gasteiger partial charge in [-0.1, -0.05) is 6.07 Å². The number of carboxylic acid groups (broad SMARTS) is 1. The number of thiazole rings is 1. The molecule has 9 nitrogen and oxygen atoms in total. The number of carboxylic acids is 1. The molecule has 3 heterocycles. The van der Waals surface area contributed by atoms with Crippen LogP contribution in [0.4, 0.5) is 30.6 Å². The number of carbonyl (C=O) groups is 1. The number of benzene rings is 1. The lowest BCUT2D eigenvalue weighted by atomic mass is 10.1. The van der Waals surface area contributed by atoms with Crippen molar-refractivity contribution in [2.24, 2.45) is 0 Å². The molecule has 13 heteroatoms. The van der Waals surface area contributed by atoms with Crippen LogP contribution in [0.25, 0.3) is 10.4 Å². The van der Waals surface area contributed by atoms with Crippen LogP contribution in [-0.2, 0) is 12.7 Å². The molecule has 0 unspecified atom stereocenters. The lowest BCUT2D eigenvalue weighted by molar-refractivity contribution is -0.141. The summed E-state index contributed by atoms with van der Waals surface area (Å²) < 4.78 is 38.7. The van der Waals surface area contributed by atoms with Gasteiger partial charge in [-0.2, -0.15) is 18.3 Å². The second-order valence-electron chi connectivity index (χ2n) is 6.92.